The molecule has 2 nitrogen and oxygen atoms in total. The van der Waals surface area contributed by atoms with Gasteiger partial charge in [0.15, 0.2) is 0 Å². The molecule has 0 aliphatic heterocycles. The van der Waals surface area contributed by atoms with E-state index in [1.807, 2.05) is 0 Å². The average Bonchev–Trinajstić information content (AvgIpc) is 3.00. The molecule has 1 atom stereocenters. The van der Waals surface area contributed by atoms with Crippen LogP contribution in [0.3, 0.4) is 0 Å². The van der Waals surface area contributed by atoms with Gasteiger partial charge in [-0.05, 0) is 36.0 Å². The van der Waals surface area contributed by atoms with Crippen molar-refractivity contribution in [2.45, 2.75) is 24.9 Å². The normalized spacial score (nSPS) is 18.2. The summed E-state index contributed by atoms with van der Waals surface area (Å²) in [6.07, 6.45) is 1.41. The maximum atomic E-state index is 13.5. The molecule has 1 saturated carbocycles. The fourth-order valence-electron chi connectivity index (χ4n) is 1.61. The lowest BCUT2D eigenvalue weighted by Gasteiger charge is -2.09. The zero-order valence-electron chi connectivity index (χ0n) is 7.91. The Balaban J connectivity index is 2.25. The van der Waals surface area contributed by atoms with E-state index < -0.39 is 6.10 Å². The number of hydrogen-bond donors (Lipinski definition) is 2. The highest BCUT2D eigenvalue weighted by atomic mass is 19.1. The van der Waals surface area contributed by atoms with E-state index in [2.05, 4.69) is 0 Å². The lowest BCUT2D eigenvalue weighted by Crippen LogP contribution is -2.11. The van der Waals surface area contributed by atoms with Crippen molar-refractivity contribution >= 4 is 0 Å². The van der Waals surface area contributed by atoms with E-state index in [1.165, 1.54) is 6.07 Å². The molecule has 1 unspecified atom stereocenters. The second-order valence-electron chi connectivity index (χ2n) is 3.81. The molecule has 0 saturated heterocycles. The van der Waals surface area contributed by atoms with Gasteiger partial charge in [0.1, 0.15) is 5.82 Å². The largest absolute Gasteiger partial charge is 0.387 e. The van der Waals surface area contributed by atoms with Crippen molar-refractivity contribution in [2.24, 2.45) is 5.73 Å². The van der Waals surface area contributed by atoms with Crippen LogP contribution in [0.25, 0.3) is 0 Å². The third kappa shape index (κ3) is 1.79. The summed E-state index contributed by atoms with van der Waals surface area (Å²) in [5.74, 6) is 0.191. The minimum Gasteiger partial charge on any atom is -0.387 e. The molecule has 0 bridgehead atoms. The first-order valence-electron chi connectivity index (χ1n) is 4.90. The Morgan fingerprint density at radius 2 is 2.21 bits per heavy atom. The molecule has 1 aliphatic rings. The second kappa shape index (κ2) is 3.67. The van der Waals surface area contributed by atoms with Gasteiger partial charge in [0.05, 0.1) is 6.10 Å². The molecule has 2 rings (SSSR count). The van der Waals surface area contributed by atoms with E-state index in [9.17, 15) is 9.50 Å². The van der Waals surface area contributed by atoms with Crippen LogP contribution >= 0.6 is 0 Å². The molecular weight excluding hydrogens is 181 g/mol. The van der Waals surface area contributed by atoms with Crippen molar-refractivity contribution in [2.75, 3.05) is 6.54 Å². The van der Waals surface area contributed by atoms with E-state index in [-0.39, 0.29) is 12.4 Å². The van der Waals surface area contributed by atoms with Crippen LogP contribution in [0.5, 0.6) is 0 Å². The van der Waals surface area contributed by atoms with E-state index in [0.717, 1.165) is 18.4 Å². The Bertz CT molecular complexity index is 336. The molecule has 3 N–H and O–H groups in total. The van der Waals surface area contributed by atoms with Gasteiger partial charge in [0.2, 0.25) is 0 Å². The highest BCUT2D eigenvalue weighted by molar-refractivity contribution is 5.30. The molecule has 1 aliphatic carbocycles. The van der Waals surface area contributed by atoms with E-state index in [1.54, 1.807) is 12.1 Å². The number of benzene rings is 1. The second-order valence-corrected chi connectivity index (χ2v) is 3.81. The van der Waals surface area contributed by atoms with Crippen molar-refractivity contribution in [3.05, 3.63) is 35.1 Å². The first-order valence-corrected chi connectivity index (χ1v) is 4.90. The number of aliphatic hydroxyl groups excluding tert-OH is 1. The van der Waals surface area contributed by atoms with Crippen molar-refractivity contribution in [3.63, 3.8) is 0 Å². The van der Waals surface area contributed by atoms with Gasteiger partial charge in [-0.3, -0.25) is 0 Å². The molecule has 3 heteroatoms. The number of rotatable bonds is 3. The number of halogens is 1. The summed E-state index contributed by atoms with van der Waals surface area (Å²) >= 11 is 0. The van der Waals surface area contributed by atoms with Gasteiger partial charge in [-0.15, -0.1) is 0 Å². The van der Waals surface area contributed by atoms with Gasteiger partial charge in [-0.1, -0.05) is 12.1 Å². The molecule has 1 aromatic rings. The summed E-state index contributed by atoms with van der Waals surface area (Å²) in [7, 11) is 0. The summed E-state index contributed by atoms with van der Waals surface area (Å²) < 4.78 is 13.5. The Labute approximate surface area is 82.5 Å². The Kier molecular flexibility index (Phi) is 2.52. The summed E-state index contributed by atoms with van der Waals surface area (Å²) in [4.78, 5) is 0. The quantitative estimate of drug-likeness (QED) is 0.771. The fraction of sp³-hybridized carbons (Fsp3) is 0.455. The monoisotopic (exact) mass is 195 g/mol. The third-order valence-electron chi connectivity index (χ3n) is 2.65. The van der Waals surface area contributed by atoms with Gasteiger partial charge in [-0.2, -0.15) is 0 Å². The summed E-state index contributed by atoms with van der Waals surface area (Å²) in [6.45, 7) is 0.127. The van der Waals surface area contributed by atoms with Crippen molar-refractivity contribution in [1.82, 2.24) is 0 Å². The molecule has 1 aromatic carbocycles. The van der Waals surface area contributed by atoms with Crippen molar-refractivity contribution < 1.29 is 9.50 Å². The fourth-order valence-corrected chi connectivity index (χ4v) is 1.61. The van der Waals surface area contributed by atoms with Crippen LogP contribution in [0, 0.1) is 5.82 Å². The average molecular weight is 195 g/mol. The van der Waals surface area contributed by atoms with Crippen molar-refractivity contribution in [1.29, 1.82) is 0 Å². The third-order valence-corrected chi connectivity index (χ3v) is 2.65. The number of aliphatic hydroxyl groups is 1. The Morgan fingerprint density at radius 3 is 2.71 bits per heavy atom. The topological polar surface area (TPSA) is 46.2 Å². The predicted molar refractivity (Wildman–Crippen MR) is 52.4 cm³/mol. The maximum absolute atomic E-state index is 13.5. The first kappa shape index (κ1) is 9.62. The van der Waals surface area contributed by atoms with Crippen LogP contribution in [0.1, 0.15) is 36.0 Å². The zero-order valence-corrected chi connectivity index (χ0v) is 7.91. The van der Waals surface area contributed by atoms with Crippen LogP contribution in [0.2, 0.25) is 0 Å². The minimum atomic E-state index is -0.752. The minimum absolute atomic E-state index is 0.127. The van der Waals surface area contributed by atoms with E-state index in [4.69, 9.17) is 5.73 Å². The molecule has 0 aromatic heterocycles. The van der Waals surface area contributed by atoms with Crippen LogP contribution in [-0.4, -0.2) is 11.7 Å². The summed E-state index contributed by atoms with van der Waals surface area (Å²) in [5.41, 5.74) is 6.63. The highest BCUT2D eigenvalue weighted by Gasteiger charge is 2.26. The highest BCUT2D eigenvalue weighted by Crippen LogP contribution is 2.41. The van der Waals surface area contributed by atoms with Gasteiger partial charge in [0, 0.05) is 6.54 Å². The molecule has 0 spiro atoms. The SMILES string of the molecule is NCC(O)c1ccc(C2CC2)c(F)c1. The predicted octanol–water partition coefficient (Wildman–Crippen LogP) is 1.70. The Morgan fingerprint density at radius 1 is 1.50 bits per heavy atom. The molecule has 0 radical (unpaired) electrons. The molecule has 0 heterocycles. The maximum Gasteiger partial charge on any atom is 0.127 e. The summed E-state index contributed by atoms with van der Waals surface area (Å²) in [6, 6.07) is 4.92. The van der Waals surface area contributed by atoms with E-state index in [0.29, 0.717) is 11.5 Å². The van der Waals surface area contributed by atoms with Crippen LogP contribution < -0.4 is 5.73 Å². The van der Waals surface area contributed by atoms with Crippen LogP contribution in [-0.2, 0) is 0 Å². The molecule has 1 fully saturated rings. The standard InChI is InChI=1S/C11H14FNO/c12-10-5-8(11(14)6-13)3-4-9(10)7-1-2-7/h3-5,7,11,14H,1-2,6,13H2. The smallest absolute Gasteiger partial charge is 0.127 e. The zero-order chi connectivity index (χ0) is 10.1. The summed E-state index contributed by atoms with van der Waals surface area (Å²) in [5, 5.41) is 9.41. The number of nitrogens with two attached hydrogens (primary N) is 1. The van der Waals surface area contributed by atoms with Gasteiger partial charge in [0.25, 0.3) is 0 Å². The van der Waals surface area contributed by atoms with Gasteiger partial charge >= 0.3 is 0 Å². The lowest BCUT2D eigenvalue weighted by atomic mass is 10.0. The Hall–Kier alpha value is -0.930. The first-order chi connectivity index (χ1) is 6.72. The molecular formula is C11H14FNO. The number of hydrogen-bond acceptors (Lipinski definition) is 2. The van der Waals surface area contributed by atoms with Crippen LogP contribution in [0.4, 0.5) is 4.39 Å². The molecule has 0 amide bonds. The van der Waals surface area contributed by atoms with Crippen molar-refractivity contribution in [3.8, 4) is 0 Å². The van der Waals surface area contributed by atoms with Crippen LogP contribution in [0.15, 0.2) is 18.2 Å². The lowest BCUT2D eigenvalue weighted by molar-refractivity contribution is 0.186. The molecule has 14 heavy (non-hydrogen) atoms. The van der Waals surface area contributed by atoms with Gasteiger partial charge in [-0.25, -0.2) is 4.39 Å². The van der Waals surface area contributed by atoms with E-state index >= 15 is 0 Å². The molecule has 76 valence electrons. The van der Waals surface area contributed by atoms with Gasteiger partial charge < -0.3 is 10.8 Å².